The summed E-state index contributed by atoms with van der Waals surface area (Å²) in [5.74, 6) is -1.79. The van der Waals surface area contributed by atoms with Crippen LogP contribution in [-0.4, -0.2) is 53.9 Å². The Morgan fingerprint density at radius 3 is 2.46 bits per heavy atom. The minimum atomic E-state index is -0.974. The van der Waals surface area contributed by atoms with Gasteiger partial charge in [0.2, 0.25) is 0 Å². The standard InChI is InChI=1S/C18H23NO7/c1-18(2)25-15-12(8-14(20)21)24-13(16(15)26-18)9-19-17(22)23-10-11-6-4-3-5-7-11/h3-7,12-13,15-16H,8-10H2,1-2H3,(H,19,22)(H,20,21)/t12-,13-,15?,16-/m1/s1. The van der Waals surface area contributed by atoms with Gasteiger partial charge in [-0.15, -0.1) is 0 Å². The smallest absolute Gasteiger partial charge is 0.407 e. The molecule has 142 valence electrons. The van der Waals surface area contributed by atoms with Crippen molar-refractivity contribution in [1.82, 2.24) is 5.32 Å². The van der Waals surface area contributed by atoms with Gasteiger partial charge in [0.05, 0.1) is 12.5 Å². The largest absolute Gasteiger partial charge is 0.481 e. The van der Waals surface area contributed by atoms with Crippen LogP contribution in [0.25, 0.3) is 0 Å². The van der Waals surface area contributed by atoms with Crippen LogP contribution in [0.15, 0.2) is 30.3 Å². The van der Waals surface area contributed by atoms with Gasteiger partial charge in [-0.3, -0.25) is 4.79 Å². The highest BCUT2D eigenvalue weighted by atomic mass is 16.8. The molecule has 26 heavy (non-hydrogen) atoms. The minimum Gasteiger partial charge on any atom is -0.481 e. The minimum absolute atomic E-state index is 0.143. The molecule has 1 aromatic rings. The van der Waals surface area contributed by atoms with Gasteiger partial charge in [0.1, 0.15) is 24.9 Å². The van der Waals surface area contributed by atoms with Crippen molar-refractivity contribution in [3.8, 4) is 0 Å². The van der Waals surface area contributed by atoms with Gasteiger partial charge in [0, 0.05) is 6.54 Å². The summed E-state index contributed by atoms with van der Waals surface area (Å²) in [6.07, 6.45) is -2.80. The Bertz CT molecular complexity index is 648. The van der Waals surface area contributed by atoms with Crippen LogP contribution in [0.1, 0.15) is 25.8 Å². The molecule has 1 aromatic carbocycles. The number of aliphatic carboxylic acids is 1. The molecular formula is C18H23NO7. The van der Waals surface area contributed by atoms with Crippen molar-refractivity contribution in [3.63, 3.8) is 0 Å². The van der Waals surface area contributed by atoms with E-state index in [1.54, 1.807) is 13.8 Å². The summed E-state index contributed by atoms with van der Waals surface area (Å²) in [6, 6.07) is 9.34. The molecule has 0 radical (unpaired) electrons. The lowest BCUT2D eigenvalue weighted by Crippen LogP contribution is -2.40. The van der Waals surface area contributed by atoms with Gasteiger partial charge >= 0.3 is 12.1 Å². The Labute approximate surface area is 151 Å². The van der Waals surface area contributed by atoms with E-state index in [0.717, 1.165) is 5.56 Å². The molecule has 2 aliphatic heterocycles. The second-order valence-corrected chi connectivity index (χ2v) is 6.82. The molecule has 0 saturated carbocycles. The number of carboxylic acids is 1. The molecule has 0 bridgehead atoms. The molecule has 4 atom stereocenters. The summed E-state index contributed by atoms with van der Waals surface area (Å²) in [4.78, 5) is 22.9. The topological polar surface area (TPSA) is 103 Å². The number of fused-ring (bicyclic) bond motifs is 1. The number of carbonyl (C=O) groups is 2. The predicted octanol–water partition coefficient (Wildman–Crippen LogP) is 1.68. The number of rotatable bonds is 6. The molecule has 1 amide bonds. The lowest BCUT2D eigenvalue weighted by atomic mass is 10.1. The number of hydrogen-bond acceptors (Lipinski definition) is 6. The lowest BCUT2D eigenvalue weighted by molar-refractivity contribution is -0.188. The number of carbonyl (C=O) groups excluding carboxylic acids is 1. The van der Waals surface area contributed by atoms with Crippen LogP contribution in [0.2, 0.25) is 0 Å². The fraction of sp³-hybridized carbons (Fsp3) is 0.556. The number of hydrogen-bond donors (Lipinski definition) is 2. The van der Waals surface area contributed by atoms with Crippen LogP contribution in [0.4, 0.5) is 4.79 Å². The van der Waals surface area contributed by atoms with Crippen LogP contribution in [0, 0.1) is 0 Å². The highest BCUT2D eigenvalue weighted by Crippen LogP contribution is 2.39. The molecule has 2 N–H and O–H groups in total. The molecule has 0 spiro atoms. The molecule has 0 aliphatic carbocycles. The van der Waals surface area contributed by atoms with E-state index in [-0.39, 0.29) is 19.6 Å². The van der Waals surface area contributed by atoms with Crippen molar-refractivity contribution in [2.75, 3.05) is 6.54 Å². The first-order valence-electron chi connectivity index (χ1n) is 8.51. The van der Waals surface area contributed by atoms with E-state index < -0.39 is 42.3 Å². The summed E-state index contributed by atoms with van der Waals surface area (Å²) in [6.45, 7) is 3.84. The van der Waals surface area contributed by atoms with Crippen molar-refractivity contribution in [1.29, 1.82) is 0 Å². The van der Waals surface area contributed by atoms with Gasteiger partial charge in [-0.05, 0) is 19.4 Å². The quantitative estimate of drug-likeness (QED) is 0.790. The van der Waals surface area contributed by atoms with Crippen LogP contribution >= 0.6 is 0 Å². The van der Waals surface area contributed by atoms with E-state index in [2.05, 4.69) is 5.32 Å². The molecule has 2 heterocycles. The number of carboxylic acid groups (broad SMARTS) is 1. The van der Waals surface area contributed by atoms with Crippen molar-refractivity contribution in [3.05, 3.63) is 35.9 Å². The maximum atomic E-state index is 11.9. The molecule has 8 nitrogen and oxygen atoms in total. The van der Waals surface area contributed by atoms with Crippen LogP contribution < -0.4 is 5.32 Å². The van der Waals surface area contributed by atoms with Gasteiger partial charge in [-0.2, -0.15) is 0 Å². The van der Waals surface area contributed by atoms with E-state index in [4.69, 9.17) is 24.1 Å². The van der Waals surface area contributed by atoms with E-state index >= 15 is 0 Å². The number of ether oxygens (including phenoxy) is 4. The fourth-order valence-corrected chi connectivity index (χ4v) is 3.23. The summed E-state index contributed by atoms with van der Waals surface area (Å²) >= 11 is 0. The molecular weight excluding hydrogens is 342 g/mol. The van der Waals surface area contributed by atoms with E-state index in [1.165, 1.54) is 0 Å². The maximum Gasteiger partial charge on any atom is 0.407 e. The van der Waals surface area contributed by atoms with Gasteiger partial charge in [-0.25, -0.2) is 4.79 Å². The molecule has 3 rings (SSSR count). The normalized spacial score (nSPS) is 29.2. The number of nitrogens with one attached hydrogen (secondary N) is 1. The summed E-state index contributed by atoms with van der Waals surface area (Å²) < 4.78 is 22.5. The average molecular weight is 365 g/mol. The maximum absolute atomic E-state index is 11.9. The Morgan fingerprint density at radius 2 is 1.81 bits per heavy atom. The molecule has 8 heteroatoms. The van der Waals surface area contributed by atoms with Crippen molar-refractivity contribution < 1.29 is 33.6 Å². The van der Waals surface area contributed by atoms with E-state index in [0.29, 0.717) is 0 Å². The number of benzene rings is 1. The Kier molecular flexibility index (Phi) is 5.45. The second-order valence-electron chi connectivity index (χ2n) is 6.82. The van der Waals surface area contributed by atoms with Gasteiger partial charge < -0.3 is 29.4 Å². The zero-order valence-electron chi connectivity index (χ0n) is 14.7. The molecule has 2 aliphatic rings. The average Bonchev–Trinajstić information content (AvgIpc) is 3.05. The zero-order chi connectivity index (χ0) is 18.7. The lowest BCUT2D eigenvalue weighted by Gasteiger charge is -2.23. The molecule has 1 unspecified atom stereocenters. The molecule has 0 aromatic heterocycles. The SMILES string of the molecule is CC1(C)OC2[C@@H](CC(=O)O)O[C@H](CNC(=O)OCc3ccccc3)[C@H]2O1. The monoisotopic (exact) mass is 365 g/mol. The van der Waals surface area contributed by atoms with Gasteiger partial charge in [0.25, 0.3) is 0 Å². The van der Waals surface area contributed by atoms with E-state index in [9.17, 15) is 9.59 Å². The Hall–Kier alpha value is -2.16. The fourth-order valence-electron chi connectivity index (χ4n) is 3.23. The van der Waals surface area contributed by atoms with Crippen molar-refractivity contribution >= 4 is 12.1 Å². The third-order valence-electron chi connectivity index (χ3n) is 4.28. The summed E-state index contributed by atoms with van der Waals surface area (Å²) in [7, 11) is 0. The Balaban J connectivity index is 1.52. The zero-order valence-corrected chi connectivity index (χ0v) is 14.7. The first-order chi connectivity index (χ1) is 12.3. The molecule has 2 fully saturated rings. The highest BCUT2D eigenvalue weighted by Gasteiger charge is 2.55. The molecule has 2 saturated heterocycles. The predicted molar refractivity (Wildman–Crippen MR) is 89.4 cm³/mol. The third-order valence-corrected chi connectivity index (χ3v) is 4.28. The first kappa shape index (κ1) is 18.6. The number of alkyl carbamates (subject to hydrolysis) is 1. The van der Waals surface area contributed by atoms with Crippen LogP contribution in [0.5, 0.6) is 0 Å². The van der Waals surface area contributed by atoms with E-state index in [1.807, 2.05) is 30.3 Å². The van der Waals surface area contributed by atoms with Crippen LogP contribution in [-0.2, 0) is 30.3 Å². The third kappa shape index (κ3) is 4.51. The van der Waals surface area contributed by atoms with Crippen molar-refractivity contribution in [2.45, 2.75) is 57.1 Å². The Morgan fingerprint density at radius 1 is 1.15 bits per heavy atom. The second kappa shape index (κ2) is 7.61. The highest BCUT2D eigenvalue weighted by molar-refractivity contribution is 5.68. The summed E-state index contributed by atoms with van der Waals surface area (Å²) in [5.41, 5.74) is 0.885. The summed E-state index contributed by atoms with van der Waals surface area (Å²) in [5, 5.41) is 11.7. The van der Waals surface area contributed by atoms with Crippen LogP contribution in [0.3, 0.4) is 0 Å². The van der Waals surface area contributed by atoms with Gasteiger partial charge in [-0.1, -0.05) is 30.3 Å². The van der Waals surface area contributed by atoms with Gasteiger partial charge in [0.15, 0.2) is 5.79 Å². The first-order valence-corrected chi connectivity index (χ1v) is 8.51. The number of amides is 1. The van der Waals surface area contributed by atoms with Crippen molar-refractivity contribution in [2.24, 2.45) is 0 Å².